The molecule has 0 fully saturated rings. The second-order valence-corrected chi connectivity index (χ2v) is 14.8. The number of benzene rings is 2. The maximum atomic E-state index is 9.21. The van der Waals surface area contributed by atoms with Crippen LogP contribution in [0, 0.1) is 21.7 Å². The lowest BCUT2D eigenvalue weighted by Crippen LogP contribution is -2.46. The van der Waals surface area contributed by atoms with E-state index in [2.05, 4.69) is 141 Å². The van der Waals surface area contributed by atoms with E-state index in [1.54, 1.807) is 0 Å². The molecule has 3 heteroatoms. The van der Waals surface area contributed by atoms with Crippen molar-refractivity contribution >= 4 is 0 Å². The lowest BCUT2D eigenvalue weighted by Gasteiger charge is -2.56. The number of aliphatic hydroxyl groups excluding tert-OH is 1. The lowest BCUT2D eigenvalue weighted by atomic mass is 9.48. The Labute approximate surface area is 232 Å². The number of aliphatic hydroxyl groups is 1. The Bertz CT molecular complexity index is 1140. The first kappa shape index (κ1) is 30.2. The monoisotopic (exact) mass is 517 g/mol. The summed E-state index contributed by atoms with van der Waals surface area (Å²) in [7, 11) is 0. The van der Waals surface area contributed by atoms with Gasteiger partial charge in [-0.05, 0) is 56.6 Å². The molecule has 1 aromatic heterocycles. The van der Waals surface area contributed by atoms with Crippen LogP contribution in [0.5, 0.6) is 0 Å². The van der Waals surface area contributed by atoms with Crippen molar-refractivity contribution in [3.63, 3.8) is 0 Å². The molecular weight excluding hydrogens is 464 g/mol. The summed E-state index contributed by atoms with van der Waals surface area (Å²) < 4.78 is 4.20. The van der Waals surface area contributed by atoms with Gasteiger partial charge < -0.3 is 5.11 Å². The molecule has 0 saturated carbocycles. The number of aromatic nitrogens is 2. The van der Waals surface area contributed by atoms with Crippen LogP contribution < -0.4 is 4.57 Å². The van der Waals surface area contributed by atoms with Crippen LogP contribution in [0.4, 0.5) is 0 Å². The molecule has 0 amide bonds. The Kier molecular flexibility index (Phi) is 9.03. The van der Waals surface area contributed by atoms with Crippen LogP contribution in [0.1, 0.15) is 104 Å². The second-order valence-electron chi connectivity index (χ2n) is 14.8. The third-order valence-electron chi connectivity index (χ3n) is 8.92. The summed E-state index contributed by atoms with van der Waals surface area (Å²) in [6, 6.07) is 20.5. The summed E-state index contributed by atoms with van der Waals surface area (Å²) in [5.74, 6) is 0.825. The van der Waals surface area contributed by atoms with Gasteiger partial charge in [-0.2, -0.15) is 0 Å². The number of imidazole rings is 1. The predicted molar refractivity (Wildman–Crippen MR) is 160 cm³/mol. The molecule has 0 aliphatic carbocycles. The summed E-state index contributed by atoms with van der Waals surface area (Å²) in [5, 5.41) is 9.21. The van der Waals surface area contributed by atoms with Gasteiger partial charge in [-0.3, -0.25) is 0 Å². The Balaban J connectivity index is 1.98. The van der Waals surface area contributed by atoms with Gasteiger partial charge in [-0.15, -0.1) is 0 Å². The molecule has 2 atom stereocenters. The summed E-state index contributed by atoms with van der Waals surface area (Å²) in [6.45, 7) is 26.0. The maximum Gasteiger partial charge on any atom is 0.244 e. The summed E-state index contributed by atoms with van der Waals surface area (Å²) >= 11 is 0. The minimum atomic E-state index is 0.0226. The highest BCUT2D eigenvalue weighted by atomic mass is 16.3. The van der Waals surface area contributed by atoms with E-state index in [1.165, 1.54) is 16.7 Å². The normalized spacial score (nSPS) is 14.9. The van der Waals surface area contributed by atoms with E-state index in [4.69, 9.17) is 0 Å². The van der Waals surface area contributed by atoms with Crippen LogP contribution in [0.2, 0.25) is 0 Å². The number of hydrogen-bond donors (Lipinski definition) is 1. The quantitative estimate of drug-likeness (QED) is 0.270. The Hall–Kier alpha value is -2.39. The van der Waals surface area contributed by atoms with Crippen LogP contribution in [-0.2, 0) is 13.1 Å². The van der Waals surface area contributed by atoms with Crippen LogP contribution in [-0.4, -0.2) is 16.3 Å². The van der Waals surface area contributed by atoms with Crippen molar-refractivity contribution < 1.29 is 9.67 Å². The predicted octanol–water partition coefficient (Wildman–Crippen LogP) is 8.22. The summed E-state index contributed by atoms with van der Waals surface area (Å²) in [5.41, 5.74) is 4.57. The largest absolute Gasteiger partial charge is 0.392 e. The lowest BCUT2D eigenvalue weighted by molar-refractivity contribution is -0.687. The standard InChI is InChI=1S/C35H53N2O/c1-32(2,3)24-30(28-14-12-11-13-15-28)34(7,8)35(9,10)31(33(4,5)6)29-18-16-27(17-19-29)25-37-21-20-36(26-37)22-23-38/h11-21,26,30-31,38H,22-25H2,1-10H3/q+1. The first-order chi connectivity index (χ1) is 17.6. The molecular formula is C35H53N2O+. The van der Waals surface area contributed by atoms with E-state index >= 15 is 0 Å². The van der Waals surface area contributed by atoms with Crippen LogP contribution >= 0.6 is 0 Å². The van der Waals surface area contributed by atoms with Gasteiger partial charge in [0.15, 0.2) is 0 Å². The van der Waals surface area contributed by atoms with Gasteiger partial charge in [0, 0.05) is 0 Å². The minimum Gasteiger partial charge on any atom is -0.392 e. The van der Waals surface area contributed by atoms with Crippen LogP contribution in [0.3, 0.4) is 0 Å². The van der Waals surface area contributed by atoms with Crippen molar-refractivity contribution in [3.05, 3.63) is 90.0 Å². The fraction of sp³-hybridized carbons (Fsp3) is 0.571. The van der Waals surface area contributed by atoms with Gasteiger partial charge in [0.25, 0.3) is 0 Å². The molecule has 3 rings (SSSR count). The number of hydrogen-bond acceptors (Lipinski definition) is 1. The van der Waals surface area contributed by atoms with Crippen molar-refractivity contribution in [2.45, 2.75) is 101 Å². The van der Waals surface area contributed by atoms with Crippen molar-refractivity contribution in [2.75, 3.05) is 6.61 Å². The number of nitrogens with zero attached hydrogens (tertiary/aromatic N) is 2. The Morgan fingerprint density at radius 3 is 1.89 bits per heavy atom. The van der Waals surface area contributed by atoms with Crippen LogP contribution in [0.15, 0.2) is 73.3 Å². The van der Waals surface area contributed by atoms with Gasteiger partial charge >= 0.3 is 0 Å². The highest BCUT2D eigenvalue weighted by molar-refractivity contribution is 5.31. The minimum absolute atomic E-state index is 0.0226. The van der Waals surface area contributed by atoms with Crippen LogP contribution in [0.25, 0.3) is 0 Å². The molecule has 2 unspecified atom stereocenters. The molecule has 1 heterocycles. The third-order valence-corrected chi connectivity index (χ3v) is 8.92. The fourth-order valence-electron chi connectivity index (χ4n) is 6.71. The fourth-order valence-corrected chi connectivity index (χ4v) is 6.71. The zero-order valence-electron chi connectivity index (χ0n) is 25.8. The molecule has 0 saturated heterocycles. The van der Waals surface area contributed by atoms with Crippen molar-refractivity contribution in [2.24, 2.45) is 21.7 Å². The smallest absolute Gasteiger partial charge is 0.244 e. The average molecular weight is 518 g/mol. The molecule has 0 spiro atoms. The third kappa shape index (κ3) is 6.97. The zero-order chi connectivity index (χ0) is 28.4. The van der Waals surface area contributed by atoms with E-state index in [0.717, 1.165) is 13.0 Å². The molecule has 2 aromatic carbocycles. The van der Waals surface area contributed by atoms with Gasteiger partial charge in [0.2, 0.25) is 6.33 Å². The van der Waals surface area contributed by atoms with Crippen molar-refractivity contribution in [3.8, 4) is 0 Å². The van der Waals surface area contributed by atoms with Gasteiger partial charge in [-0.25, -0.2) is 9.13 Å². The van der Waals surface area contributed by atoms with Crippen molar-refractivity contribution in [1.29, 1.82) is 0 Å². The van der Waals surface area contributed by atoms with E-state index in [-0.39, 0.29) is 28.3 Å². The molecule has 0 bridgehead atoms. The molecule has 3 nitrogen and oxygen atoms in total. The Morgan fingerprint density at radius 1 is 0.763 bits per heavy atom. The topological polar surface area (TPSA) is 29.0 Å². The summed E-state index contributed by atoms with van der Waals surface area (Å²) in [4.78, 5) is 0. The highest BCUT2D eigenvalue weighted by Gasteiger charge is 2.52. The van der Waals surface area contributed by atoms with Gasteiger partial charge in [0.1, 0.15) is 25.5 Å². The average Bonchev–Trinajstić information content (AvgIpc) is 3.24. The van der Waals surface area contributed by atoms with Gasteiger partial charge in [0.05, 0.1) is 6.61 Å². The molecule has 0 aliphatic rings. The van der Waals surface area contributed by atoms with E-state index < -0.39 is 0 Å². The first-order valence-electron chi connectivity index (χ1n) is 14.4. The molecule has 38 heavy (non-hydrogen) atoms. The second kappa shape index (κ2) is 11.4. The zero-order valence-corrected chi connectivity index (χ0v) is 25.8. The number of rotatable bonds is 10. The SMILES string of the molecule is CC(C)(C)CC(c1ccccc1)C(C)(C)C(C)(C)C(c1ccc(C[n+]2ccn(CCO)c2)cc1)C(C)(C)C. The first-order valence-corrected chi connectivity index (χ1v) is 14.4. The van der Waals surface area contributed by atoms with E-state index in [9.17, 15) is 5.11 Å². The van der Waals surface area contributed by atoms with Crippen molar-refractivity contribution in [1.82, 2.24) is 4.57 Å². The molecule has 208 valence electrons. The Morgan fingerprint density at radius 2 is 1.37 bits per heavy atom. The van der Waals surface area contributed by atoms with Gasteiger partial charge in [-0.1, -0.05) is 124 Å². The summed E-state index contributed by atoms with van der Waals surface area (Å²) in [6.07, 6.45) is 7.31. The van der Waals surface area contributed by atoms with E-state index in [0.29, 0.717) is 18.4 Å². The molecule has 0 aliphatic heterocycles. The highest BCUT2D eigenvalue weighted by Crippen LogP contribution is 2.61. The maximum absolute atomic E-state index is 9.21. The van der Waals surface area contributed by atoms with E-state index in [1.807, 2.05) is 10.8 Å². The molecule has 0 radical (unpaired) electrons. The molecule has 3 aromatic rings. The molecule has 1 N–H and O–H groups in total.